The minimum atomic E-state index is -0.158. The van der Waals surface area contributed by atoms with Crippen LogP contribution in [0.15, 0.2) is 29.6 Å². The Morgan fingerprint density at radius 3 is 3.05 bits per heavy atom. The molecule has 1 atom stereocenters. The molecule has 2 heterocycles. The van der Waals surface area contributed by atoms with Gasteiger partial charge in [-0.05, 0) is 55.0 Å². The van der Waals surface area contributed by atoms with E-state index in [2.05, 4.69) is 21.7 Å². The number of nitrogen functional groups attached to an aromatic ring is 1. The molecule has 1 aliphatic heterocycles. The number of anilines is 2. The molecule has 0 spiro atoms. The molecule has 22 heavy (non-hydrogen) atoms. The standard InChI is InChI=1S/C17H21N3OS/c1-11-3-4-14(18)9-15(11)19-17(21)12(2)20-7-5-16-13(10-20)6-8-22-16/h3-4,6,8-9,12H,5,7,10,18H2,1-2H3,(H,19,21). The van der Waals surface area contributed by atoms with Crippen molar-refractivity contribution in [2.24, 2.45) is 0 Å². The number of aryl methyl sites for hydroxylation is 1. The van der Waals surface area contributed by atoms with Gasteiger partial charge in [-0.1, -0.05) is 6.07 Å². The zero-order chi connectivity index (χ0) is 15.7. The quantitative estimate of drug-likeness (QED) is 0.856. The highest BCUT2D eigenvalue weighted by atomic mass is 32.1. The third-order valence-electron chi connectivity index (χ3n) is 4.28. The van der Waals surface area contributed by atoms with Crippen molar-refractivity contribution in [2.45, 2.75) is 32.9 Å². The smallest absolute Gasteiger partial charge is 0.241 e. The Bertz CT molecular complexity index is 695. The van der Waals surface area contributed by atoms with Crippen molar-refractivity contribution < 1.29 is 4.79 Å². The largest absolute Gasteiger partial charge is 0.399 e. The number of nitrogens with one attached hydrogen (secondary N) is 1. The van der Waals surface area contributed by atoms with Gasteiger partial charge in [0.15, 0.2) is 0 Å². The molecule has 1 unspecified atom stereocenters. The number of amides is 1. The fourth-order valence-corrected chi connectivity index (χ4v) is 3.67. The van der Waals surface area contributed by atoms with Crippen LogP contribution >= 0.6 is 11.3 Å². The summed E-state index contributed by atoms with van der Waals surface area (Å²) in [5.74, 6) is 0.0207. The third-order valence-corrected chi connectivity index (χ3v) is 5.31. The van der Waals surface area contributed by atoms with E-state index in [1.54, 1.807) is 0 Å². The van der Waals surface area contributed by atoms with E-state index in [4.69, 9.17) is 5.73 Å². The highest BCUT2D eigenvalue weighted by molar-refractivity contribution is 7.10. The molecule has 0 aliphatic carbocycles. The normalized spacial score (nSPS) is 16.1. The van der Waals surface area contributed by atoms with Crippen LogP contribution in [0.1, 0.15) is 22.9 Å². The first-order chi connectivity index (χ1) is 10.5. The third kappa shape index (κ3) is 3.00. The number of fused-ring (bicyclic) bond motifs is 1. The minimum absolute atomic E-state index is 0.0207. The summed E-state index contributed by atoms with van der Waals surface area (Å²) in [6, 6.07) is 7.59. The van der Waals surface area contributed by atoms with Gasteiger partial charge in [0.1, 0.15) is 0 Å². The zero-order valence-electron chi connectivity index (χ0n) is 12.9. The molecule has 0 fully saturated rings. The Morgan fingerprint density at radius 1 is 1.41 bits per heavy atom. The Hall–Kier alpha value is -1.85. The molecule has 116 valence electrons. The van der Waals surface area contributed by atoms with Crippen molar-refractivity contribution in [3.8, 4) is 0 Å². The number of carbonyl (C=O) groups excluding carboxylic acids is 1. The van der Waals surface area contributed by atoms with Crippen molar-refractivity contribution in [2.75, 3.05) is 17.6 Å². The minimum Gasteiger partial charge on any atom is -0.399 e. The average Bonchev–Trinajstić information content (AvgIpc) is 2.97. The van der Waals surface area contributed by atoms with Crippen LogP contribution in [0, 0.1) is 6.92 Å². The maximum absolute atomic E-state index is 12.5. The Kier molecular flexibility index (Phi) is 4.18. The molecule has 5 heteroatoms. The lowest BCUT2D eigenvalue weighted by atomic mass is 10.1. The Labute approximate surface area is 134 Å². The van der Waals surface area contributed by atoms with E-state index in [1.807, 2.05) is 43.4 Å². The van der Waals surface area contributed by atoms with E-state index in [1.165, 1.54) is 10.4 Å². The van der Waals surface area contributed by atoms with E-state index >= 15 is 0 Å². The lowest BCUT2D eigenvalue weighted by Gasteiger charge is -2.31. The van der Waals surface area contributed by atoms with E-state index in [9.17, 15) is 4.79 Å². The van der Waals surface area contributed by atoms with Gasteiger partial charge in [-0.3, -0.25) is 9.69 Å². The van der Waals surface area contributed by atoms with Gasteiger partial charge in [0, 0.05) is 29.3 Å². The van der Waals surface area contributed by atoms with Crippen LogP contribution in [0.3, 0.4) is 0 Å². The number of nitrogens with two attached hydrogens (primary N) is 1. The first-order valence-electron chi connectivity index (χ1n) is 7.51. The first kappa shape index (κ1) is 15.1. The topological polar surface area (TPSA) is 58.4 Å². The summed E-state index contributed by atoms with van der Waals surface area (Å²) in [7, 11) is 0. The van der Waals surface area contributed by atoms with E-state index in [-0.39, 0.29) is 11.9 Å². The van der Waals surface area contributed by atoms with Crippen LogP contribution in [0.4, 0.5) is 11.4 Å². The fraction of sp³-hybridized carbons (Fsp3) is 0.353. The lowest BCUT2D eigenvalue weighted by molar-refractivity contribution is -0.121. The molecule has 3 N–H and O–H groups in total. The first-order valence-corrected chi connectivity index (χ1v) is 8.39. The van der Waals surface area contributed by atoms with Crippen molar-refractivity contribution in [3.63, 3.8) is 0 Å². The zero-order valence-corrected chi connectivity index (χ0v) is 13.7. The van der Waals surface area contributed by atoms with Crippen molar-refractivity contribution in [1.29, 1.82) is 0 Å². The molecule has 0 saturated carbocycles. The van der Waals surface area contributed by atoms with E-state index < -0.39 is 0 Å². The summed E-state index contributed by atoms with van der Waals surface area (Å²) >= 11 is 1.81. The van der Waals surface area contributed by atoms with Crippen LogP contribution in [0.5, 0.6) is 0 Å². The summed E-state index contributed by atoms with van der Waals surface area (Å²) in [5, 5.41) is 5.14. The average molecular weight is 315 g/mol. The van der Waals surface area contributed by atoms with Crippen LogP contribution in [-0.2, 0) is 17.8 Å². The molecule has 1 aliphatic rings. The molecule has 2 aromatic rings. The second-order valence-corrected chi connectivity index (χ2v) is 6.83. The van der Waals surface area contributed by atoms with Crippen LogP contribution < -0.4 is 11.1 Å². The van der Waals surface area contributed by atoms with Gasteiger partial charge in [0.05, 0.1) is 6.04 Å². The summed E-state index contributed by atoms with van der Waals surface area (Å²) in [6.45, 7) is 5.72. The van der Waals surface area contributed by atoms with Crippen LogP contribution in [0.2, 0.25) is 0 Å². The maximum Gasteiger partial charge on any atom is 0.241 e. The number of rotatable bonds is 3. The fourth-order valence-electron chi connectivity index (χ4n) is 2.78. The van der Waals surface area contributed by atoms with Gasteiger partial charge in [0.2, 0.25) is 5.91 Å². The predicted molar refractivity (Wildman–Crippen MR) is 92.1 cm³/mol. The van der Waals surface area contributed by atoms with Crippen molar-refractivity contribution in [3.05, 3.63) is 45.6 Å². The van der Waals surface area contributed by atoms with Gasteiger partial charge in [0.25, 0.3) is 0 Å². The predicted octanol–water partition coefficient (Wildman–Crippen LogP) is 3.02. The van der Waals surface area contributed by atoms with Gasteiger partial charge in [-0.2, -0.15) is 0 Å². The highest BCUT2D eigenvalue weighted by Crippen LogP contribution is 2.26. The molecule has 3 rings (SSSR count). The Morgan fingerprint density at radius 2 is 2.23 bits per heavy atom. The molecule has 1 aromatic carbocycles. The molecule has 0 radical (unpaired) electrons. The number of hydrogen-bond acceptors (Lipinski definition) is 4. The van der Waals surface area contributed by atoms with E-state index in [0.717, 1.165) is 30.8 Å². The number of benzene rings is 1. The lowest BCUT2D eigenvalue weighted by Crippen LogP contribution is -2.44. The molecule has 0 bridgehead atoms. The summed E-state index contributed by atoms with van der Waals surface area (Å²) in [4.78, 5) is 16.2. The number of thiophene rings is 1. The maximum atomic E-state index is 12.5. The van der Waals surface area contributed by atoms with Gasteiger partial charge in [-0.15, -0.1) is 11.3 Å². The van der Waals surface area contributed by atoms with Crippen molar-refractivity contribution >= 4 is 28.6 Å². The summed E-state index contributed by atoms with van der Waals surface area (Å²) < 4.78 is 0. The van der Waals surface area contributed by atoms with Gasteiger partial charge in [-0.25, -0.2) is 0 Å². The molecular formula is C17H21N3OS. The molecular weight excluding hydrogens is 294 g/mol. The molecule has 1 amide bonds. The van der Waals surface area contributed by atoms with Crippen LogP contribution in [0.25, 0.3) is 0 Å². The summed E-state index contributed by atoms with van der Waals surface area (Å²) in [6.07, 6.45) is 1.03. The number of carbonyl (C=O) groups is 1. The van der Waals surface area contributed by atoms with Gasteiger partial charge < -0.3 is 11.1 Å². The van der Waals surface area contributed by atoms with Gasteiger partial charge >= 0.3 is 0 Å². The number of hydrogen-bond donors (Lipinski definition) is 2. The highest BCUT2D eigenvalue weighted by Gasteiger charge is 2.26. The summed E-state index contributed by atoms with van der Waals surface area (Å²) in [5.41, 5.74) is 9.64. The second-order valence-electron chi connectivity index (χ2n) is 5.83. The van der Waals surface area contributed by atoms with E-state index in [0.29, 0.717) is 5.69 Å². The Balaban J connectivity index is 1.69. The monoisotopic (exact) mass is 315 g/mol. The second kappa shape index (κ2) is 6.10. The molecule has 0 saturated heterocycles. The molecule has 4 nitrogen and oxygen atoms in total. The van der Waals surface area contributed by atoms with Crippen molar-refractivity contribution in [1.82, 2.24) is 4.90 Å². The SMILES string of the molecule is Cc1ccc(N)cc1NC(=O)C(C)N1CCc2sccc2C1. The van der Waals surface area contributed by atoms with Crippen LogP contribution in [-0.4, -0.2) is 23.4 Å². The number of nitrogens with zero attached hydrogens (tertiary/aromatic N) is 1. The molecule has 1 aromatic heterocycles.